The molecule has 0 atom stereocenters. The van der Waals surface area contributed by atoms with E-state index in [4.69, 9.17) is 0 Å². The Morgan fingerprint density at radius 2 is 0.308 bits per heavy atom. The molecule has 0 aromatic heterocycles. The summed E-state index contributed by atoms with van der Waals surface area (Å²) in [5, 5.41) is 0. The number of benzene rings is 15. The van der Waals surface area contributed by atoms with E-state index in [1.54, 1.807) is 0 Å². The van der Waals surface area contributed by atoms with Gasteiger partial charge in [-0.25, -0.2) is 0 Å². The lowest BCUT2D eigenvalue weighted by atomic mass is 9.95. The van der Waals surface area contributed by atoms with Crippen LogP contribution in [0.2, 0.25) is 0 Å². The van der Waals surface area contributed by atoms with Crippen LogP contribution in [-0.4, -0.2) is 0 Å². The van der Waals surface area contributed by atoms with E-state index in [1.165, 1.54) is 66.8 Å². The van der Waals surface area contributed by atoms with Gasteiger partial charge in [0, 0.05) is 34.1 Å². The lowest BCUT2D eigenvalue weighted by Gasteiger charge is -2.26. The smallest absolute Gasteiger partial charge is 0.0462 e. The fourth-order valence-corrected chi connectivity index (χ4v) is 13.3. The van der Waals surface area contributed by atoms with E-state index in [0.717, 1.165) is 78.6 Å². The number of rotatable bonds is 22. The molecule has 0 unspecified atom stereocenters. The minimum absolute atomic E-state index is 1.06. The molecule has 494 valence electrons. The van der Waals surface area contributed by atoms with E-state index in [9.17, 15) is 0 Å². The van der Waals surface area contributed by atoms with Crippen LogP contribution >= 0.6 is 0 Å². The summed E-state index contributed by atoms with van der Waals surface area (Å²) in [5.74, 6) is 0. The largest absolute Gasteiger partial charge is 0.311 e. The maximum absolute atomic E-state index is 2.34. The van der Waals surface area contributed by atoms with Gasteiger partial charge in [-0.2, -0.15) is 0 Å². The predicted molar refractivity (Wildman–Crippen MR) is 446 cm³/mol. The SMILES string of the molecule is C(=Cc1cccc(C=Cc2ccc(N(c3ccc(C=C(c4ccccc4)c4ccccc4)cc3)c3ccc(C=C(c4ccccc4)c4ccccc4)cc3)cc2)c1)c1ccc(N(c2ccc(C=C(c3ccccc3)c3ccccc3)cc2)c2ccc(C=C(c3ccccc3)c3ccccc3)cc2)cc1. The molecule has 15 rings (SSSR count). The van der Waals surface area contributed by atoms with Gasteiger partial charge in [-0.1, -0.05) is 358 Å². The first kappa shape index (κ1) is 66.2. The van der Waals surface area contributed by atoms with Gasteiger partial charge in [-0.05, 0) is 214 Å². The summed E-state index contributed by atoms with van der Waals surface area (Å²) in [6.45, 7) is 0. The average molecular weight is 1330 g/mol. The summed E-state index contributed by atoms with van der Waals surface area (Å²) in [4.78, 5) is 4.69. The molecule has 0 saturated heterocycles. The van der Waals surface area contributed by atoms with Crippen LogP contribution in [0.4, 0.5) is 34.1 Å². The molecule has 15 aromatic carbocycles. The van der Waals surface area contributed by atoms with Crippen LogP contribution in [-0.2, 0) is 0 Å². The van der Waals surface area contributed by atoms with Gasteiger partial charge in [0.25, 0.3) is 0 Å². The van der Waals surface area contributed by atoms with Gasteiger partial charge in [0.1, 0.15) is 0 Å². The first-order valence-corrected chi connectivity index (χ1v) is 35.5. The van der Waals surface area contributed by atoms with E-state index in [1.807, 2.05) is 0 Å². The Balaban J connectivity index is 0.688. The molecule has 15 aromatic rings. The van der Waals surface area contributed by atoms with Crippen molar-refractivity contribution in [3.63, 3.8) is 0 Å². The van der Waals surface area contributed by atoms with Gasteiger partial charge < -0.3 is 9.80 Å². The summed E-state index contributed by atoms with van der Waals surface area (Å²) < 4.78 is 0. The molecule has 2 heteroatoms. The quantitative estimate of drug-likeness (QED) is 0.0624. The van der Waals surface area contributed by atoms with E-state index in [0.29, 0.717) is 0 Å². The third-order valence-electron chi connectivity index (χ3n) is 18.7. The molecule has 0 spiro atoms. The molecule has 0 fully saturated rings. The highest BCUT2D eigenvalue weighted by molar-refractivity contribution is 5.96. The van der Waals surface area contributed by atoms with Crippen LogP contribution in [0.1, 0.15) is 89.0 Å². The number of hydrogen-bond donors (Lipinski definition) is 0. The van der Waals surface area contributed by atoms with Gasteiger partial charge >= 0.3 is 0 Å². The van der Waals surface area contributed by atoms with Crippen LogP contribution in [0.3, 0.4) is 0 Å². The standard InChI is InChI=1S/C102H76N2/c1-9-28-85(29-10-1)99(86-30-11-2-12-31-86)73-81-52-64-95(65-53-81)103(96-66-54-82(55-67-96)74-100(87-32-13-3-14-33-87)88-34-15-4-16-35-88)93-60-48-77(49-61-93)44-46-79-26-25-27-80(72-79)47-45-78-50-62-94(63-51-78)104(97-68-56-83(57-69-97)75-101(89-36-17-5-18-37-89)90-38-19-6-20-39-90)98-70-58-84(59-71-98)76-102(91-40-21-7-22-41-91)92-42-23-8-24-43-92/h1-76H. The van der Waals surface area contributed by atoms with Crippen molar-refractivity contribution in [2.45, 2.75) is 0 Å². The second-order valence-corrected chi connectivity index (χ2v) is 25.7. The van der Waals surface area contributed by atoms with E-state index in [2.05, 4.69) is 471 Å². The summed E-state index contributed by atoms with van der Waals surface area (Å²) in [7, 11) is 0. The van der Waals surface area contributed by atoms with Crippen molar-refractivity contribution in [3.05, 3.63) is 502 Å². The number of nitrogens with zero attached hydrogens (tertiary/aromatic N) is 2. The molecular formula is C102H76N2. The molecule has 0 amide bonds. The molecule has 0 aliphatic carbocycles. The zero-order chi connectivity index (χ0) is 69.9. The van der Waals surface area contributed by atoms with Crippen LogP contribution in [0, 0.1) is 0 Å². The first-order valence-electron chi connectivity index (χ1n) is 35.5. The predicted octanol–water partition coefficient (Wildman–Crippen LogP) is 27.3. The van der Waals surface area contributed by atoms with Crippen molar-refractivity contribution in [2.75, 3.05) is 9.80 Å². The van der Waals surface area contributed by atoms with E-state index in [-0.39, 0.29) is 0 Å². The van der Waals surface area contributed by atoms with Crippen molar-refractivity contribution in [2.24, 2.45) is 0 Å². The van der Waals surface area contributed by atoms with E-state index >= 15 is 0 Å². The Labute approximate surface area is 612 Å². The molecule has 0 aliphatic rings. The fraction of sp³-hybridized carbons (Fsp3) is 0. The molecular weight excluding hydrogens is 1250 g/mol. The second kappa shape index (κ2) is 32.6. The van der Waals surface area contributed by atoms with Crippen LogP contribution < -0.4 is 9.80 Å². The molecule has 2 nitrogen and oxygen atoms in total. The highest BCUT2D eigenvalue weighted by atomic mass is 15.1. The van der Waals surface area contributed by atoms with Gasteiger partial charge in [0.15, 0.2) is 0 Å². The monoisotopic (exact) mass is 1330 g/mol. The normalized spacial score (nSPS) is 11.0. The molecule has 0 radical (unpaired) electrons. The van der Waals surface area contributed by atoms with Gasteiger partial charge in [-0.15, -0.1) is 0 Å². The van der Waals surface area contributed by atoms with Crippen molar-refractivity contribution in [1.82, 2.24) is 0 Å². The maximum Gasteiger partial charge on any atom is 0.0462 e. The zero-order valence-corrected chi connectivity index (χ0v) is 57.8. The molecule has 0 heterocycles. The van der Waals surface area contributed by atoms with Crippen molar-refractivity contribution >= 4 is 105 Å². The van der Waals surface area contributed by atoms with Gasteiger partial charge in [0.2, 0.25) is 0 Å². The first-order chi connectivity index (χ1) is 51.5. The molecule has 0 aliphatic heterocycles. The highest BCUT2D eigenvalue weighted by Crippen LogP contribution is 2.40. The van der Waals surface area contributed by atoms with E-state index < -0.39 is 0 Å². The Bertz CT molecular complexity index is 4670. The van der Waals surface area contributed by atoms with Crippen molar-refractivity contribution in [1.29, 1.82) is 0 Å². The molecule has 0 saturated carbocycles. The van der Waals surface area contributed by atoms with Gasteiger partial charge in [0.05, 0.1) is 0 Å². The van der Waals surface area contributed by atoms with Crippen molar-refractivity contribution in [3.8, 4) is 0 Å². The molecule has 0 N–H and O–H groups in total. The van der Waals surface area contributed by atoms with Crippen LogP contribution in [0.25, 0.3) is 70.9 Å². The number of anilines is 6. The average Bonchev–Trinajstić information content (AvgIpc) is 0.785. The summed E-state index contributed by atoms with van der Waals surface area (Å²) in [5.41, 5.74) is 29.4. The summed E-state index contributed by atoms with van der Waals surface area (Å²) >= 11 is 0. The second-order valence-electron chi connectivity index (χ2n) is 25.7. The molecule has 104 heavy (non-hydrogen) atoms. The summed E-state index contributed by atoms with van der Waals surface area (Å²) in [6, 6.07) is 147. The van der Waals surface area contributed by atoms with Crippen molar-refractivity contribution < 1.29 is 0 Å². The fourth-order valence-electron chi connectivity index (χ4n) is 13.3. The van der Waals surface area contributed by atoms with Crippen LogP contribution in [0.15, 0.2) is 413 Å². The summed E-state index contributed by atoms with van der Waals surface area (Å²) in [6.07, 6.45) is 18.0. The number of hydrogen-bond acceptors (Lipinski definition) is 2. The van der Waals surface area contributed by atoms with Gasteiger partial charge in [-0.3, -0.25) is 0 Å². The third kappa shape index (κ3) is 16.5. The highest BCUT2D eigenvalue weighted by Gasteiger charge is 2.17. The molecule has 0 bridgehead atoms. The lowest BCUT2D eigenvalue weighted by Crippen LogP contribution is -2.09. The Morgan fingerprint density at radius 3 is 0.490 bits per heavy atom. The minimum atomic E-state index is 1.06. The Morgan fingerprint density at radius 1 is 0.144 bits per heavy atom. The lowest BCUT2D eigenvalue weighted by molar-refractivity contribution is 1.28. The van der Waals surface area contributed by atoms with Crippen LogP contribution in [0.5, 0.6) is 0 Å². The Hall–Kier alpha value is -13.7. The third-order valence-corrected chi connectivity index (χ3v) is 18.7. The zero-order valence-electron chi connectivity index (χ0n) is 57.8. The minimum Gasteiger partial charge on any atom is -0.311 e. The topological polar surface area (TPSA) is 6.48 Å². The Kier molecular flexibility index (Phi) is 20.7. The maximum atomic E-state index is 2.34.